The van der Waals surface area contributed by atoms with Crippen LogP contribution in [0.4, 0.5) is 5.69 Å². The zero-order chi connectivity index (χ0) is 15.4. The monoisotopic (exact) mass is 334 g/mol. The summed E-state index contributed by atoms with van der Waals surface area (Å²) in [5, 5.41) is 5.85. The molecule has 1 amide bonds. The third kappa shape index (κ3) is 5.30. The Morgan fingerprint density at radius 3 is 2.43 bits per heavy atom. The smallest absolute Gasteiger partial charge is 0.245 e. The maximum absolute atomic E-state index is 12.1. The van der Waals surface area contributed by atoms with Crippen molar-refractivity contribution in [3.05, 3.63) is 29.8 Å². The second-order valence-electron chi connectivity index (χ2n) is 5.22. The second kappa shape index (κ2) is 7.77. The highest BCUT2D eigenvalue weighted by atomic mass is 35.5. The van der Waals surface area contributed by atoms with Crippen LogP contribution in [0.15, 0.2) is 24.3 Å². The Morgan fingerprint density at radius 1 is 1.29 bits per heavy atom. The lowest BCUT2D eigenvalue weighted by molar-refractivity contribution is -0.117. The summed E-state index contributed by atoms with van der Waals surface area (Å²) in [4.78, 5) is 12.1. The first-order valence-corrected chi connectivity index (χ1v) is 8.38. The molecule has 0 radical (unpaired) electrons. The average Bonchev–Trinajstić information content (AvgIpc) is 2.35. The van der Waals surface area contributed by atoms with Gasteiger partial charge in [-0.05, 0) is 38.1 Å². The van der Waals surface area contributed by atoms with Crippen LogP contribution in [0.2, 0.25) is 0 Å². The Bertz CT molecular complexity index is 586. The van der Waals surface area contributed by atoms with Gasteiger partial charge in [0, 0.05) is 18.5 Å². The Morgan fingerprint density at radius 2 is 1.90 bits per heavy atom. The Labute approximate surface area is 132 Å². The van der Waals surface area contributed by atoms with E-state index in [0.29, 0.717) is 12.2 Å². The first-order valence-electron chi connectivity index (χ1n) is 6.49. The normalized spacial score (nSPS) is 11.6. The van der Waals surface area contributed by atoms with E-state index in [4.69, 9.17) is 0 Å². The summed E-state index contributed by atoms with van der Waals surface area (Å²) in [6.45, 7) is 6.38. The molecule has 5 nitrogen and oxygen atoms in total. The van der Waals surface area contributed by atoms with Gasteiger partial charge in [-0.2, -0.15) is 0 Å². The van der Waals surface area contributed by atoms with E-state index in [0.717, 1.165) is 18.4 Å². The van der Waals surface area contributed by atoms with Crippen LogP contribution in [-0.4, -0.2) is 31.9 Å². The van der Waals surface area contributed by atoms with E-state index in [2.05, 4.69) is 10.6 Å². The van der Waals surface area contributed by atoms with E-state index in [1.165, 1.54) is 13.8 Å². The second-order valence-corrected chi connectivity index (χ2v) is 7.78. The number of amides is 1. The predicted octanol–water partition coefficient (Wildman–Crippen LogP) is 1.98. The number of anilines is 1. The molecule has 1 rings (SSSR count). The zero-order valence-electron chi connectivity index (χ0n) is 12.8. The summed E-state index contributed by atoms with van der Waals surface area (Å²) in [6, 6.07) is 7.35. The minimum atomic E-state index is -3.47. The molecule has 0 aliphatic carbocycles. The minimum absolute atomic E-state index is 0. The van der Waals surface area contributed by atoms with Crippen molar-refractivity contribution in [2.75, 3.05) is 18.1 Å². The molecule has 0 heterocycles. The fourth-order valence-electron chi connectivity index (χ4n) is 1.48. The molecule has 1 aromatic carbocycles. The third-order valence-electron chi connectivity index (χ3n) is 3.24. The summed E-state index contributed by atoms with van der Waals surface area (Å²) in [6.07, 6.45) is 1.06. The molecule has 7 heteroatoms. The summed E-state index contributed by atoms with van der Waals surface area (Å²) >= 11 is 0. The third-order valence-corrected chi connectivity index (χ3v) is 5.28. The maximum atomic E-state index is 12.1. The molecular formula is C14H23ClN2O3S. The highest BCUT2D eigenvalue weighted by Crippen LogP contribution is 2.19. The Kier molecular flexibility index (Phi) is 7.36. The van der Waals surface area contributed by atoms with Gasteiger partial charge in [0.2, 0.25) is 5.91 Å². The number of hydrogen-bond acceptors (Lipinski definition) is 4. The topological polar surface area (TPSA) is 75.3 Å². The number of carbonyl (C=O) groups excluding carboxylic acids is 1. The first-order chi connectivity index (χ1) is 9.18. The Hall–Kier alpha value is -1.11. The van der Waals surface area contributed by atoms with Crippen LogP contribution in [0.25, 0.3) is 0 Å². The number of nitrogens with one attached hydrogen (secondary N) is 2. The number of benzene rings is 1. The number of carbonyl (C=O) groups is 1. The van der Waals surface area contributed by atoms with Crippen molar-refractivity contribution >= 4 is 33.8 Å². The molecular weight excluding hydrogens is 312 g/mol. The predicted molar refractivity (Wildman–Crippen MR) is 88.6 cm³/mol. The van der Waals surface area contributed by atoms with Crippen molar-refractivity contribution in [1.82, 2.24) is 5.32 Å². The summed E-state index contributed by atoms with van der Waals surface area (Å²) < 4.78 is 21.8. The zero-order valence-corrected chi connectivity index (χ0v) is 14.4. The van der Waals surface area contributed by atoms with E-state index < -0.39 is 20.5 Å². The molecule has 0 fully saturated rings. The summed E-state index contributed by atoms with van der Waals surface area (Å²) in [5.74, 6) is -0.527. The van der Waals surface area contributed by atoms with Crippen LogP contribution in [0.1, 0.15) is 26.3 Å². The van der Waals surface area contributed by atoms with E-state index in [1.54, 1.807) is 6.07 Å². The molecule has 0 atom stereocenters. The van der Waals surface area contributed by atoms with E-state index >= 15 is 0 Å². The molecule has 0 unspecified atom stereocenters. The number of sulfone groups is 1. The number of hydrogen-bond donors (Lipinski definition) is 2. The molecule has 0 aliphatic heterocycles. The molecule has 0 aliphatic rings. The lowest BCUT2D eigenvalue weighted by atomic mass is 10.1. The molecule has 21 heavy (non-hydrogen) atoms. The molecule has 0 saturated heterocycles. The van der Waals surface area contributed by atoms with Crippen molar-refractivity contribution in [3.63, 3.8) is 0 Å². The molecule has 0 bridgehead atoms. The van der Waals surface area contributed by atoms with Crippen LogP contribution in [0.3, 0.4) is 0 Å². The number of halogens is 1. The largest absolute Gasteiger partial charge is 0.325 e. The standard InChI is InChI=1S/C14H22N2O3S.ClH/c1-5-15-10-11-7-6-8-12(9-11)16-13(17)14(2,3)20(4,18)19;/h6-9,15H,5,10H2,1-4H3,(H,16,17);1H. The fraction of sp³-hybridized carbons (Fsp3) is 0.500. The van der Waals surface area contributed by atoms with Gasteiger partial charge in [0.15, 0.2) is 9.84 Å². The highest BCUT2D eigenvalue weighted by Gasteiger charge is 2.38. The van der Waals surface area contributed by atoms with Gasteiger partial charge < -0.3 is 10.6 Å². The quantitative estimate of drug-likeness (QED) is 0.834. The Balaban J connectivity index is 0.00000400. The van der Waals surface area contributed by atoms with Gasteiger partial charge >= 0.3 is 0 Å². The minimum Gasteiger partial charge on any atom is -0.325 e. The van der Waals surface area contributed by atoms with Crippen molar-refractivity contribution in [3.8, 4) is 0 Å². The van der Waals surface area contributed by atoms with Gasteiger partial charge in [0.05, 0.1) is 0 Å². The maximum Gasteiger partial charge on any atom is 0.245 e. The van der Waals surface area contributed by atoms with Gasteiger partial charge in [0.1, 0.15) is 4.75 Å². The van der Waals surface area contributed by atoms with Crippen molar-refractivity contribution in [1.29, 1.82) is 0 Å². The fourth-order valence-corrected chi connectivity index (χ4v) is 1.87. The van der Waals surface area contributed by atoms with Gasteiger partial charge in [0.25, 0.3) is 0 Å². The highest BCUT2D eigenvalue weighted by molar-refractivity contribution is 7.92. The lowest BCUT2D eigenvalue weighted by Gasteiger charge is -2.21. The molecule has 120 valence electrons. The van der Waals surface area contributed by atoms with Crippen molar-refractivity contribution < 1.29 is 13.2 Å². The van der Waals surface area contributed by atoms with Crippen LogP contribution in [0, 0.1) is 0 Å². The van der Waals surface area contributed by atoms with Gasteiger partial charge in [-0.15, -0.1) is 12.4 Å². The molecule has 0 spiro atoms. The lowest BCUT2D eigenvalue weighted by Crippen LogP contribution is -2.43. The van der Waals surface area contributed by atoms with Crippen molar-refractivity contribution in [2.24, 2.45) is 0 Å². The summed E-state index contributed by atoms with van der Waals surface area (Å²) in [7, 11) is -3.47. The first kappa shape index (κ1) is 19.9. The molecule has 0 saturated carbocycles. The van der Waals surface area contributed by atoms with E-state index in [1.807, 2.05) is 25.1 Å². The van der Waals surface area contributed by atoms with E-state index in [-0.39, 0.29) is 12.4 Å². The van der Waals surface area contributed by atoms with Crippen molar-refractivity contribution in [2.45, 2.75) is 32.1 Å². The molecule has 0 aromatic heterocycles. The van der Waals surface area contributed by atoms with Crippen LogP contribution in [-0.2, 0) is 21.2 Å². The van der Waals surface area contributed by atoms with Crippen LogP contribution >= 0.6 is 12.4 Å². The van der Waals surface area contributed by atoms with E-state index in [9.17, 15) is 13.2 Å². The van der Waals surface area contributed by atoms with Crippen LogP contribution in [0.5, 0.6) is 0 Å². The van der Waals surface area contributed by atoms with Gasteiger partial charge in [-0.25, -0.2) is 8.42 Å². The average molecular weight is 335 g/mol. The molecule has 1 aromatic rings. The van der Waals surface area contributed by atoms with Crippen LogP contribution < -0.4 is 10.6 Å². The van der Waals surface area contributed by atoms with Gasteiger partial charge in [-0.3, -0.25) is 4.79 Å². The van der Waals surface area contributed by atoms with Gasteiger partial charge in [-0.1, -0.05) is 19.1 Å². The summed E-state index contributed by atoms with van der Waals surface area (Å²) in [5.41, 5.74) is 1.63. The number of rotatable bonds is 6. The SMILES string of the molecule is CCNCc1cccc(NC(=O)C(C)(C)S(C)(=O)=O)c1.Cl. The molecule has 2 N–H and O–H groups in total.